The first-order valence-electron chi connectivity index (χ1n) is 6.00. The quantitative estimate of drug-likeness (QED) is 0.694. The van der Waals surface area contributed by atoms with Gasteiger partial charge in [-0.2, -0.15) is 0 Å². The number of carbonyl (C=O) groups is 1. The molecular formula is C13H17NO4. The number of nitrogens with one attached hydrogen (secondary N) is 1. The summed E-state index contributed by atoms with van der Waals surface area (Å²) in [6.45, 7) is 2.62. The maximum Gasteiger partial charge on any atom is 0.251 e. The average molecular weight is 251 g/mol. The minimum Gasteiger partial charge on any atom is -0.504 e. The number of ether oxygens (including phenoxy) is 1. The van der Waals surface area contributed by atoms with Crippen LogP contribution in [-0.4, -0.2) is 34.9 Å². The van der Waals surface area contributed by atoms with E-state index in [4.69, 9.17) is 4.74 Å². The van der Waals surface area contributed by atoms with Gasteiger partial charge in [0, 0.05) is 18.2 Å². The molecular weight excluding hydrogens is 234 g/mol. The molecule has 1 aliphatic heterocycles. The van der Waals surface area contributed by atoms with Crippen LogP contribution in [0, 0.1) is 0 Å². The van der Waals surface area contributed by atoms with Gasteiger partial charge in [-0.1, -0.05) is 0 Å². The van der Waals surface area contributed by atoms with Crippen molar-refractivity contribution in [3.05, 3.63) is 23.8 Å². The van der Waals surface area contributed by atoms with Crippen LogP contribution in [-0.2, 0) is 4.74 Å². The van der Waals surface area contributed by atoms with E-state index in [1.165, 1.54) is 18.2 Å². The largest absolute Gasteiger partial charge is 0.504 e. The molecule has 5 heteroatoms. The molecule has 1 aromatic carbocycles. The zero-order valence-electron chi connectivity index (χ0n) is 10.2. The minimum absolute atomic E-state index is 0.0946. The van der Waals surface area contributed by atoms with Crippen molar-refractivity contribution in [3.63, 3.8) is 0 Å². The second-order valence-corrected chi connectivity index (χ2v) is 4.58. The number of carbonyl (C=O) groups excluding carboxylic acids is 1. The summed E-state index contributed by atoms with van der Waals surface area (Å²) in [4.78, 5) is 11.9. The van der Waals surface area contributed by atoms with E-state index in [0.29, 0.717) is 12.2 Å². The fourth-order valence-corrected chi connectivity index (χ4v) is 2.06. The van der Waals surface area contributed by atoms with Crippen LogP contribution in [0.25, 0.3) is 0 Å². The number of hydrogen-bond acceptors (Lipinski definition) is 4. The maximum absolute atomic E-state index is 11.9. The van der Waals surface area contributed by atoms with Crippen LogP contribution in [0.2, 0.25) is 0 Å². The van der Waals surface area contributed by atoms with Crippen molar-refractivity contribution in [2.24, 2.45) is 0 Å². The lowest BCUT2D eigenvalue weighted by atomic mass is 10.0. The van der Waals surface area contributed by atoms with Crippen LogP contribution in [0.5, 0.6) is 11.5 Å². The Balaban J connectivity index is 2.00. The zero-order chi connectivity index (χ0) is 13.1. The summed E-state index contributed by atoms with van der Waals surface area (Å²) < 4.78 is 5.41. The molecule has 2 rings (SSSR count). The van der Waals surface area contributed by atoms with Gasteiger partial charge in [-0.15, -0.1) is 0 Å². The first-order chi connectivity index (χ1) is 8.56. The summed E-state index contributed by atoms with van der Waals surface area (Å²) >= 11 is 0. The van der Waals surface area contributed by atoms with Crippen LogP contribution < -0.4 is 5.32 Å². The number of amides is 1. The van der Waals surface area contributed by atoms with Crippen LogP contribution in [0.3, 0.4) is 0 Å². The van der Waals surface area contributed by atoms with E-state index < -0.39 is 0 Å². The summed E-state index contributed by atoms with van der Waals surface area (Å²) in [6.07, 6.45) is 1.73. The van der Waals surface area contributed by atoms with E-state index in [0.717, 1.165) is 12.8 Å². The Morgan fingerprint density at radius 3 is 2.83 bits per heavy atom. The molecule has 0 radical (unpaired) electrons. The van der Waals surface area contributed by atoms with Crippen molar-refractivity contribution in [1.29, 1.82) is 0 Å². The fourth-order valence-electron chi connectivity index (χ4n) is 2.06. The number of rotatable bonds is 2. The molecule has 0 saturated carbocycles. The van der Waals surface area contributed by atoms with Crippen LogP contribution in [0.1, 0.15) is 30.1 Å². The van der Waals surface area contributed by atoms with Crippen molar-refractivity contribution < 1.29 is 19.7 Å². The number of benzene rings is 1. The van der Waals surface area contributed by atoms with E-state index in [1.807, 2.05) is 6.92 Å². The number of phenols is 2. The summed E-state index contributed by atoms with van der Waals surface area (Å²) in [5.74, 6) is -0.765. The van der Waals surface area contributed by atoms with Gasteiger partial charge in [-0.05, 0) is 38.0 Å². The number of phenolic OH excluding ortho intramolecular Hbond substituents is 2. The molecule has 98 valence electrons. The van der Waals surface area contributed by atoms with Gasteiger partial charge in [-0.25, -0.2) is 0 Å². The van der Waals surface area contributed by atoms with Gasteiger partial charge in [0.2, 0.25) is 0 Å². The first kappa shape index (κ1) is 12.7. The molecule has 1 aliphatic rings. The molecule has 18 heavy (non-hydrogen) atoms. The van der Waals surface area contributed by atoms with E-state index >= 15 is 0 Å². The summed E-state index contributed by atoms with van der Waals surface area (Å²) in [6, 6.07) is 4.13. The molecule has 3 N–H and O–H groups in total. The SMILES string of the molecule is CC1CC(NC(=O)c2ccc(O)c(O)c2)CCO1. The lowest BCUT2D eigenvalue weighted by Gasteiger charge is -2.27. The van der Waals surface area contributed by atoms with Gasteiger partial charge in [0.15, 0.2) is 11.5 Å². The Labute approximate surface area is 105 Å². The van der Waals surface area contributed by atoms with Crippen LogP contribution >= 0.6 is 0 Å². The zero-order valence-corrected chi connectivity index (χ0v) is 10.2. The summed E-state index contributed by atoms with van der Waals surface area (Å²) in [5, 5.41) is 21.4. The molecule has 0 aromatic heterocycles. The fraction of sp³-hybridized carbons (Fsp3) is 0.462. The molecule has 0 aliphatic carbocycles. The predicted molar refractivity (Wildman–Crippen MR) is 65.7 cm³/mol. The molecule has 0 spiro atoms. The Hall–Kier alpha value is -1.75. The third-order valence-corrected chi connectivity index (χ3v) is 3.06. The Morgan fingerprint density at radius 2 is 2.17 bits per heavy atom. The molecule has 2 unspecified atom stereocenters. The summed E-state index contributed by atoms with van der Waals surface area (Å²) in [5.41, 5.74) is 0.337. The predicted octanol–water partition coefficient (Wildman–Crippen LogP) is 1.40. The van der Waals surface area contributed by atoms with Gasteiger partial charge >= 0.3 is 0 Å². The van der Waals surface area contributed by atoms with Crippen molar-refractivity contribution in [3.8, 4) is 11.5 Å². The second-order valence-electron chi connectivity index (χ2n) is 4.58. The highest BCUT2D eigenvalue weighted by Crippen LogP contribution is 2.25. The molecule has 1 saturated heterocycles. The van der Waals surface area contributed by atoms with E-state index in [1.54, 1.807) is 0 Å². The normalized spacial score (nSPS) is 23.6. The van der Waals surface area contributed by atoms with Gasteiger partial charge in [0.25, 0.3) is 5.91 Å². The van der Waals surface area contributed by atoms with Gasteiger partial charge in [0.1, 0.15) is 0 Å². The minimum atomic E-state index is -0.289. The van der Waals surface area contributed by atoms with Gasteiger partial charge in [-0.3, -0.25) is 4.79 Å². The average Bonchev–Trinajstić information content (AvgIpc) is 2.32. The highest BCUT2D eigenvalue weighted by molar-refractivity contribution is 5.95. The van der Waals surface area contributed by atoms with Crippen LogP contribution in [0.4, 0.5) is 0 Å². The van der Waals surface area contributed by atoms with Crippen molar-refractivity contribution in [1.82, 2.24) is 5.32 Å². The van der Waals surface area contributed by atoms with Gasteiger partial charge < -0.3 is 20.3 Å². The lowest BCUT2D eigenvalue weighted by molar-refractivity contribution is 0.0136. The smallest absolute Gasteiger partial charge is 0.251 e. The maximum atomic E-state index is 11.9. The molecule has 1 amide bonds. The van der Waals surface area contributed by atoms with Crippen molar-refractivity contribution >= 4 is 5.91 Å². The van der Waals surface area contributed by atoms with E-state index in [2.05, 4.69) is 5.32 Å². The molecule has 2 atom stereocenters. The number of hydrogen-bond donors (Lipinski definition) is 3. The first-order valence-corrected chi connectivity index (χ1v) is 6.00. The number of aromatic hydroxyl groups is 2. The topological polar surface area (TPSA) is 78.8 Å². The molecule has 5 nitrogen and oxygen atoms in total. The van der Waals surface area contributed by atoms with Crippen molar-refractivity contribution in [2.45, 2.75) is 31.9 Å². The van der Waals surface area contributed by atoms with E-state index in [-0.39, 0.29) is 29.6 Å². The summed E-state index contributed by atoms with van der Waals surface area (Å²) in [7, 11) is 0. The highest BCUT2D eigenvalue weighted by atomic mass is 16.5. The standard InChI is InChI=1S/C13H17NO4/c1-8-6-10(4-5-18-8)14-13(17)9-2-3-11(15)12(16)7-9/h2-3,7-8,10,15-16H,4-6H2,1H3,(H,14,17). The molecule has 1 fully saturated rings. The Bertz CT molecular complexity index is 447. The highest BCUT2D eigenvalue weighted by Gasteiger charge is 2.21. The molecule has 1 aromatic rings. The molecule has 1 heterocycles. The third-order valence-electron chi connectivity index (χ3n) is 3.06. The van der Waals surface area contributed by atoms with Crippen LogP contribution in [0.15, 0.2) is 18.2 Å². The second kappa shape index (κ2) is 5.27. The molecule has 0 bridgehead atoms. The Kier molecular flexibility index (Phi) is 3.72. The van der Waals surface area contributed by atoms with E-state index in [9.17, 15) is 15.0 Å². The lowest BCUT2D eigenvalue weighted by Crippen LogP contribution is -2.41. The third kappa shape index (κ3) is 2.92. The Morgan fingerprint density at radius 1 is 1.39 bits per heavy atom. The van der Waals surface area contributed by atoms with Gasteiger partial charge in [0.05, 0.1) is 6.10 Å². The monoisotopic (exact) mass is 251 g/mol. The van der Waals surface area contributed by atoms with Crippen molar-refractivity contribution in [2.75, 3.05) is 6.61 Å².